The average Bonchev–Trinajstić information content (AvgIpc) is 2.99. The van der Waals surface area contributed by atoms with Crippen LogP contribution >= 0.6 is 0 Å². The largest absolute Gasteiger partial charge is 0.490 e. The highest BCUT2D eigenvalue weighted by Gasteiger charge is 2.27. The quantitative estimate of drug-likeness (QED) is 0.482. The summed E-state index contributed by atoms with van der Waals surface area (Å²) in [6, 6.07) is 6.17. The van der Waals surface area contributed by atoms with E-state index < -0.39 is 10.0 Å². The molecule has 1 saturated heterocycles. The van der Waals surface area contributed by atoms with Gasteiger partial charge in [0.15, 0.2) is 5.96 Å². The lowest BCUT2D eigenvalue weighted by molar-refractivity contribution is 0.215. The Kier molecular flexibility index (Phi) is 8.57. The van der Waals surface area contributed by atoms with Crippen molar-refractivity contribution in [3.8, 4) is 5.75 Å². The molecule has 1 unspecified atom stereocenters. The highest BCUT2D eigenvalue weighted by atomic mass is 32.2. The number of rotatable bonds is 9. The number of hydrogen-bond acceptors (Lipinski definition) is 4. The molecule has 1 heterocycles. The second-order valence-corrected chi connectivity index (χ2v) is 9.23. The predicted octanol–water partition coefficient (Wildman–Crippen LogP) is 2.26. The molecule has 1 aromatic carbocycles. The van der Waals surface area contributed by atoms with E-state index in [0.717, 1.165) is 29.8 Å². The SMILES string of the molecule is CCNC(=NCc1ccc(C)cc1OC(C)CC)NCCN1CCCS1(=O)=O. The molecule has 0 radical (unpaired) electrons. The monoisotopic (exact) mass is 410 g/mol. The first-order valence-electron chi connectivity index (χ1n) is 10.1. The van der Waals surface area contributed by atoms with Crippen molar-refractivity contribution in [2.24, 2.45) is 4.99 Å². The molecule has 1 aromatic rings. The summed E-state index contributed by atoms with van der Waals surface area (Å²) in [5.41, 5.74) is 2.19. The Hall–Kier alpha value is -1.80. The molecule has 0 amide bonds. The van der Waals surface area contributed by atoms with E-state index in [-0.39, 0.29) is 11.9 Å². The first-order valence-corrected chi connectivity index (χ1v) is 11.7. The van der Waals surface area contributed by atoms with Crippen LogP contribution in [0.5, 0.6) is 5.75 Å². The minimum atomic E-state index is -3.06. The van der Waals surface area contributed by atoms with Crippen molar-refractivity contribution in [3.63, 3.8) is 0 Å². The molecule has 0 saturated carbocycles. The Morgan fingerprint density at radius 1 is 1.32 bits per heavy atom. The van der Waals surface area contributed by atoms with Gasteiger partial charge in [-0.15, -0.1) is 0 Å². The van der Waals surface area contributed by atoms with Crippen molar-refractivity contribution in [1.29, 1.82) is 0 Å². The van der Waals surface area contributed by atoms with E-state index in [1.54, 1.807) is 4.31 Å². The van der Waals surface area contributed by atoms with Gasteiger partial charge in [-0.1, -0.05) is 19.1 Å². The zero-order valence-corrected chi connectivity index (χ0v) is 18.3. The van der Waals surface area contributed by atoms with E-state index in [2.05, 4.69) is 54.6 Å². The summed E-state index contributed by atoms with van der Waals surface area (Å²) in [5, 5.41) is 6.44. The molecule has 2 N–H and O–H groups in total. The molecule has 1 aliphatic rings. The first kappa shape index (κ1) is 22.5. The van der Waals surface area contributed by atoms with E-state index >= 15 is 0 Å². The van der Waals surface area contributed by atoms with Crippen molar-refractivity contribution in [2.75, 3.05) is 31.9 Å². The van der Waals surface area contributed by atoms with Crippen LogP contribution in [0.4, 0.5) is 0 Å². The number of sulfonamides is 1. The van der Waals surface area contributed by atoms with Gasteiger partial charge in [0.25, 0.3) is 0 Å². The molecule has 1 aliphatic heterocycles. The summed E-state index contributed by atoms with van der Waals surface area (Å²) < 4.78 is 31.4. The molecule has 0 bridgehead atoms. The van der Waals surface area contributed by atoms with E-state index in [0.29, 0.717) is 38.6 Å². The molecule has 0 spiro atoms. The zero-order chi connectivity index (χ0) is 20.6. The highest BCUT2D eigenvalue weighted by Crippen LogP contribution is 2.23. The number of benzene rings is 1. The van der Waals surface area contributed by atoms with Gasteiger partial charge in [0, 0.05) is 31.7 Å². The summed E-state index contributed by atoms with van der Waals surface area (Å²) in [5.74, 6) is 1.80. The maximum atomic E-state index is 11.9. The van der Waals surface area contributed by atoms with Gasteiger partial charge in [0.1, 0.15) is 5.75 Å². The topological polar surface area (TPSA) is 83.0 Å². The number of ether oxygens (including phenoxy) is 1. The third-order valence-corrected chi connectivity index (χ3v) is 6.69. The van der Waals surface area contributed by atoms with Crippen molar-refractivity contribution < 1.29 is 13.2 Å². The molecule has 8 heteroatoms. The first-order chi connectivity index (χ1) is 13.4. The Labute approximate surface area is 169 Å². The summed E-state index contributed by atoms with van der Waals surface area (Å²) in [7, 11) is -3.06. The molecule has 1 atom stereocenters. The molecule has 28 heavy (non-hydrogen) atoms. The second kappa shape index (κ2) is 10.7. The fourth-order valence-electron chi connectivity index (χ4n) is 2.95. The van der Waals surface area contributed by atoms with Gasteiger partial charge in [-0.25, -0.2) is 17.7 Å². The molecular formula is C20H34N4O3S. The predicted molar refractivity (Wildman–Crippen MR) is 114 cm³/mol. The number of aryl methyl sites for hydroxylation is 1. The Bertz CT molecular complexity index is 765. The number of hydrogen-bond donors (Lipinski definition) is 2. The van der Waals surface area contributed by atoms with Gasteiger partial charge >= 0.3 is 0 Å². The lowest BCUT2D eigenvalue weighted by atomic mass is 10.1. The number of aliphatic imine (C=N–C) groups is 1. The van der Waals surface area contributed by atoms with Crippen LogP contribution in [0.2, 0.25) is 0 Å². The van der Waals surface area contributed by atoms with Gasteiger partial charge in [0.2, 0.25) is 10.0 Å². The highest BCUT2D eigenvalue weighted by molar-refractivity contribution is 7.89. The Morgan fingerprint density at radius 2 is 2.11 bits per heavy atom. The van der Waals surface area contributed by atoms with E-state index in [1.165, 1.54) is 0 Å². The molecular weight excluding hydrogens is 376 g/mol. The van der Waals surface area contributed by atoms with Crippen molar-refractivity contribution >= 4 is 16.0 Å². The van der Waals surface area contributed by atoms with Gasteiger partial charge < -0.3 is 15.4 Å². The Morgan fingerprint density at radius 3 is 2.75 bits per heavy atom. The molecule has 158 valence electrons. The number of nitrogens with zero attached hydrogens (tertiary/aromatic N) is 2. The van der Waals surface area contributed by atoms with Gasteiger partial charge in [0.05, 0.1) is 18.4 Å². The molecule has 2 rings (SSSR count). The summed E-state index contributed by atoms with van der Waals surface area (Å²) in [4.78, 5) is 4.65. The zero-order valence-electron chi connectivity index (χ0n) is 17.5. The lowest BCUT2D eigenvalue weighted by Gasteiger charge is -2.18. The van der Waals surface area contributed by atoms with Gasteiger partial charge in [-0.3, -0.25) is 0 Å². The maximum absolute atomic E-state index is 11.9. The lowest BCUT2D eigenvalue weighted by Crippen LogP contribution is -2.42. The van der Waals surface area contributed by atoms with E-state index in [4.69, 9.17) is 4.74 Å². The summed E-state index contributed by atoms with van der Waals surface area (Å²) >= 11 is 0. The number of nitrogens with one attached hydrogen (secondary N) is 2. The molecule has 1 fully saturated rings. The van der Waals surface area contributed by atoms with Crippen LogP contribution in [0.3, 0.4) is 0 Å². The standard InChI is InChI=1S/C20H34N4O3S/c1-5-17(4)27-19-14-16(3)8-9-18(19)15-23-20(21-6-2)22-10-12-24-11-7-13-28(24,25)26/h8-9,14,17H,5-7,10-13,15H2,1-4H3,(H2,21,22,23). The fourth-order valence-corrected chi connectivity index (χ4v) is 4.48. The van der Waals surface area contributed by atoms with Crippen molar-refractivity contribution in [3.05, 3.63) is 29.3 Å². The Balaban J connectivity index is 2.00. The molecule has 7 nitrogen and oxygen atoms in total. The minimum absolute atomic E-state index is 0.151. The average molecular weight is 411 g/mol. The third kappa shape index (κ3) is 6.67. The third-order valence-electron chi connectivity index (χ3n) is 4.73. The minimum Gasteiger partial charge on any atom is -0.490 e. The molecule has 0 aliphatic carbocycles. The fraction of sp³-hybridized carbons (Fsp3) is 0.650. The molecule has 0 aromatic heterocycles. The van der Waals surface area contributed by atoms with Crippen LogP contribution in [0.1, 0.15) is 44.7 Å². The summed E-state index contributed by atoms with van der Waals surface area (Å²) in [6.45, 7) is 11.0. The van der Waals surface area contributed by atoms with Crippen LogP contribution in [0.25, 0.3) is 0 Å². The van der Waals surface area contributed by atoms with Crippen LogP contribution in [-0.4, -0.2) is 56.7 Å². The van der Waals surface area contributed by atoms with E-state index in [1.807, 2.05) is 6.92 Å². The van der Waals surface area contributed by atoms with Crippen molar-refractivity contribution in [1.82, 2.24) is 14.9 Å². The van der Waals surface area contributed by atoms with Gasteiger partial charge in [-0.2, -0.15) is 0 Å². The van der Waals surface area contributed by atoms with Crippen LogP contribution in [0.15, 0.2) is 23.2 Å². The van der Waals surface area contributed by atoms with Crippen LogP contribution in [0, 0.1) is 6.92 Å². The smallest absolute Gasteiger partial charge is 0.214 e. The van der Waals surface area contributed by atoms with Gasteiger partial charge in [-0.05, 0) is 45.2 Å². The van der Waals surface area contributed by atoms with E-state index in [9.17, 15) is 8.42 Å². The van der Waals surface area contributed by atoms with Crippen LogP contribution in [-0.2, 0) is 16.6 Å². The van der Waals surface area contributed by atoms with Crippen LogP contribution < -0.4 is 15.4 Å². The normalized spacial score (nSPS) is 18.1. The van der Waals surface area contributed by atoms with Crippen molar-refractivity contribution in [2.45, 2.75) is 53.2 Å². The maximum Gasteiger partial charge on any atom is 0.214 e. The second-order valence-electron chi connectivity index (χ2n) is 7.14. The summed E-state index contributed by atoms with van der Waals surface area (Å²) in [6.07, 6.45) is 1.81. The number of guanidine groups is 1.